The van der Waals surface area contributed by atoms with E-state index in [-0.39, 0.29) is 24.7 Å². The van der Waals surface area contributed by atoms with Gasteiger partial charge in [-0.1, -0.05) is 0 Å². The van der Waals surface area contributed by atoms with Crippen LogP contribution in [0.1, 0.15) is 23.2 Å². The van der Waals surface area contributed by atoms with Crippen LogP contribution in [0.25, 0.3) is 0 Å². The van der Waals surface area contributed by atoms with Crippen LogP contribution in [0, 0.1) is 5.82 Å². The van der Waals surface area contributed by atoms with Gasteiger partial charge in [0.15, 0.2) is 17.3 Å². The summed E-state index contributed by atoms with van der Waals surface area (Å²) in [6, 6.07) is 2.66. The maximum Gasteiger partial charge on any atom is 0.231 e. The second-order valence-electron chi connectivity index (χ2n) is 4.59. The molecule has 0 radical (unpaired) electrons. The normalized spacial score (nSPS) is 18.3. The first-order valence-electron chi connectivity index (χ1n) is 6.09. The van der Waals surface area contributed by atoms with Crippen molar-refractivity contribution < 1.29 is 18.7 Å². The fourth-order valence-corrected chi connectivity index (χ4v) is 2.36. The summed E-state index contributed by atoms with van der Waals surface area (Å²) in [7, 11) is 0. The minimum Gasteiger partial charge on any atom is -0.454 e. The van der Waals surface area contributed by atoms with Crippen molar-refractivity contribution in [2.75, 3.05) is 26.4 Å². The number of hydrogen-bond acceptors (Lipinski definition) is 4. The molecule has 96 valence electrons. The molecule has 4 nitrogen and oxygen atoms in total. The lowest BCUT2D eigenvalue weighted by molar-refractivity contribution is 0.0941. The van der Waals surface area contributed by atoms with Gasteiger partial charge in [-0.3, -0.25) is 9.69 Å². The standard InChI is InChI=1S/C13H14FNO3/c14-10-6-13-12(17-8-18-13)5-9(10)11(16)7-15-3-1-2-4-15/h5-6H,1-4,7-8H2. The van der Waals surface area contributed by atoms with Gasteiger partial charge in [0.25, 0.3) is 0 Å². The fourth-order valence-electron chi connectivity index (χ4n) is 2.36. The van der Waals surface area contributed by atoms with E-state index >= 15 is 0 Å². The van der Waals surface area contributed by atoms with Crippen molar-refractivity contribution in [1.29, 1.82) is 0 Å². The Hall–Kier alpha value is -1.62. The highest BCUT2D eigenvalue weighted by Crippen LogP contribution is 2.34. The highest BCUT2D eigenvalue weighted by atomic mass is 19.1. The van der Waals surface area contributed by atoms with Crippen molar-refractivity contribution in [3.05, 3.63) is 23.5 Å². The summed E-state index contributed by atoms with van der Waals surface area (Å²) < 4.78 is 24.0. The Bertz CT molecular complexity index is 483. The first-order valence-corrected chi connectivity index (χ1v) is 6.09. The molecule has 0 amide bonds. The lowest BCUT2D eigenvalue weighted by Crippen LogP contribution is -2.27. The monoisotopic (exact) mass is 251 g/mol. The summed E-state index contributed by atoms with van der Waals surface area (Å²) in [5, 5.41) is 0. The van der Waals surface area contributed by atoms with E-state index in [0.29, 0.717) is 11.5 Å². The van der Waals surface area contributed by atoms with Gasteiger partial charge in [-0.2, -0.15) is 0 Å². The summed E-state index contributed by atoms with van der Waals surface area (Å²) in [5.41, 5.74) is 0.0890. The lowest BCUT2D eigenvalue weighted by atomic mass is 10.1. The van der Waals surface area contributed by atoms with Crippen LogP contribution < -0.4 is 9.47 Å². The Morgan fingerprint density at radius 1 is 1.22 bits per heavy atom. The zero-order valence-corrected chi connectivity index (χ0v) is 9.95. The molecule has 1 saturated heterocycles. The highest BCUT2D eigenvalue weighted by Gasteiger charge is 2.23. The molecule has 1 fully saturated rings. The molecule has 3 rings (SSSR count). The van der Waals surface area contributed by atoms with Crippen LogP contribution in [0.4, 0.5) is 4.39 Å². The van der Waals surface area contributed by atoms with E-state index in [1.54, 1.807) is 0 Å². The third-order valence-corrected chi connectivity index (χ3v) is 3.33. The number of benzene rings is 1. The fraction of sp³-hybridized carbons (Fsp3) is 0.462. The van der Waals surface area contributed by atoms with Crippen molar-refractivity contribution in [3.8, 4) is 11.5 Å². The summed E-state index contributed by atoms with van der Waals surface area (Å²) in [6.45, 7) is 2.19. The molecule has 1 aromatic carbocycles. The third-order valence-electron chi connectivity index (χ3n) is 3.33. The summed E-state index contributed by atoms with van der Waals surface area (Å²) in [6.07, 6.45) is 2.22. The average Bonchev–Trinajstić information content (AvgIpc) is 2.98. The number of halogens is 1. The molecule has 18 heavy (non-hydrogen) atoms. The molecule has 0 aromatic heterocycles. The van der Waals surface area contributed by atoms with E-state index in [0.717, 1.165) is 25.9 Å². The van der Waals surface area contributed by atoms with Crippen LogP contribution in [0.15, 0.2) is 12.1 Å². The Balaban J connectivity index is 1.80. The number of likely N-dealkylation sites (tertiary alicyclic amines) is 1. The van der Waals surface area contributed by atoms with Crippen molar-refractivity contribution in [2.45, 2.75) is 12.8 Å². The number of Topliss-reactive ketones (excluding diaryl/α,β-unsaturated/α-hetero) is 1. The number of ketones is 1. The predicted molar refractivity (Wildman–Crippen MR) is 62.5 cm³/mol. The van der Waals surface area contributed by atoms with Gasteiger partial charge in [0, 0.05) is 6.07 Å². The number of hydrogen-bond donors (Lipinski definition) is 0. The lowest BCUT2D eigenvalue weighted by Gasteiger charge is -2.13. The maximum atomic E-state index is 13.8. The van der Waals surface area contributed by atoms with Crippen LogP contribution in [-0.2, 0) is 0 Å². The minimum absolute atomic E-state index is 0.0819. The van der Waals surface area contributed by atoms with Crippen molar-refractivity contribution in [1.82, 2.24) is 4.90 Å². The van der Waals surface area contributed by atoms with Crippen molar-refractivity contribution in [2.24, 2.45) is 0 Å². The van der Waals surface area contributed by atoms with Crippen LogP contribution in [0.5, 0.6) is 11.5 Å². The number of carbonyl (C=O) groups excluding carboxylic acids is 1. The number of rotatable bonds is 3. The predicted octanol–water partition coefficient (Wildman–Crippen LogP) is 1.83. The summed E-state index contributed by atoms with van der Waals surface area (Å²) in [4.78, 5) is 14.1. The molecular formula is C13H14FNO3. The quantitative estimate of drug-likeness (QED) is 0.768. The molecule has 1 aromatic rings. The van der Waals surface area contributed by atoms with Gasteiger partial charge in [0.1, 0.15) is 5.82 Å². The Morgan fingerprint density at radius 3 is 2.61 bits per heavy atom. The van der Waals surface area contributed by atoms with E-state index in [4.69, 9.17) is 9.47 Å². The number of carbonyl (C=O) groups is 1. The third kappa shape index (κ3) is 2.06. The number of nitrogens with zero attached hydrogens (tertiary/aromatic N) is 1. The van der Waals surface area contributed by atoms with Gasteiger partial charge >= 0.3 is 0 Å². The average molecular weight is 251 g/mol. The largest absolute Gasteiger partial charge is 0.454 e. The van der Waals surface area contributed by atoms with Crippen molar-refractivity contribution >= 4 is 5.78 Å². The van der Waals surface area contributed by atoms with Crippen molar-refractivity contribution in [3.63, 3.8) is 0 Å². The maximum absolute atomic E-state index is 13.8. The van der Waals surface area contributed by atoms with Gasteiger partial charge in [-0.05, 0) is 32.0 Å². The number of ether oxygens (including phenoxy) is 2. The van der Waals surface area contributed by atoms with E-state index in [2.05, 4.69) is 0 Å². The molecule has 0 aliphatic carbocycles. The summed E-state index contributed by atoms with van der Waals surface area (Å²) in [5.74, 6) is 0.0718. The van der Waals surface area contributed by atoms with Gasteiger partial charge in [-0.25, -0.2) is 4.39 Å². The van der Waals surface area contributed by atoms with E-state index in [9.17, 15) is 9.18 Å². The summed E-state index contributed by atoms with van der Waals surface area (Å²) >= 11 is 0. The molecule has 2 heterocycles. The first kappa shape index (κ1) is 11.5. The molecule has 5 heteroatoms. The zero-order valence-electron chi connectivity index (χ0n) is 9.95. The Kier molecular flexibility index (Phi) is 2.91. The topological polar surface area (TPSA) is 38.8 Å². The smallest absolute Gasteiger partial charge is 0.231 e. The SMILES string of the molecule is O=C(CN1CCCC1)c1cc2c(cc1F)OCO2. The first-order chi connectivity index (χ1) is 8.74. The molecule has 2 aliphatic rings. The van der Waals surface area contributed by atoms with E-state index < -0.39 is 5.82 Å². The molecular weight excluding hydrogens is 237 g/mol. The second-order valence-corrected chi connectivity index (χ2v) is 4.59. The molecule has 0 atom stereocenters. The molecule has 0 unspecified atom stereocenters. The van der Waals surface area contributed by atoms with Crippen LogP contribution in [-0.4, -0.2) is 37.1 Å². The number of fused-ring (bicyclic) bond motifs is 1. The molecule has 0 saturated carbocycles. The Morgan fingerprint density at radius 2 is 1.89 bits per heavy atom. The van der Waals surface area contributed by atoms with Crippen LogP contribution >= 0.6 is 0 Å². The van der Waals surface area contributed by atoms with E-state index in [1.165, 1.54) is 12.1 Å². The van der Waals surface area contributed by atoms with Crippen LogP contribution in [0.2, 0.25) is 0 Å². The molecule has 0 N–H and O–H groups in total. The van der Waals surface area contributed by atoms with Crippen LogP contribution in [0.3, 0.4) is 0 Å². The van der Waals surface area contributed by atoms with Gasteiger partial charge < -0.3 is 9.47 Å². The van der Waals surface area contributed by atoms with Gasteiger partial charge in [-0.15, -0.1) is 0 Å². The minimum atomic E-state index is -0.538. The molecule has 0 spiro atoms. The second kappa shape index (κ2) is 4.57. The Labute approximate surface area is 104 Å². The zero-order chi connectivity index (χ0) is 12.5. The van der Waals surface area contributed by atoms with E-state index in [1.807, 2.05) is 4.90 Å². The molecule has 0 bridgehead atoms. The highest BCUT2D eigenvalue weighted by molar-refractivity contribution is 5.98. The van der Waals surface area contributed by atoms with Gasteiger partial charge in [0.05, 0.1) is 12.1 Å². The molecule has 2 aliphatic heterocycles. The van der Waals surface area contributed by atoms with Gasteiger partial charge in [0.2, 0.25) is 6.79 Å².